The van der Waals surface area contributed by atoms with Crippen LogP contribution < -0.4 is 5.32 Å². The zero-order chi connectivity index (χ0) is 14.2. The highest BCUT2D eigenvalue weighted by molar-refractivity contribution is 5.28. The van der Waals surface area contributed by atoms with Gasteiger partial charge in [0.25, 0.3) is 0 Å². The Morgan fingerprint density at radius 1 is 1.45 bits per heavy atom. The lowest BCUT2D eigenvalue weighted by Gasteiger charge is -2.22. The Labute approximate surface area is 121 Å². The fourth-order valence-electron chi connectivity index (χ4n) is 2.53. The van der Waals surface area contributed by atoms with Crippen molar-refractivity contribution in [1.82, 2.24) is 9.55 Å². The molecule has 5 heteroatoms. The minimum Gasteiger partial charge on any atom is -0.382 e. The SMILES string of the molecule is CCOCCCn1cc(C)nc1NCC1CCOCC1. The summed E-state index contributed by atoms with van der Waals surface area (Å²) in [5.74, 6) is 1.70. The Morgan fingerprint density at radius 2 is 2.25 bits per heavy atom. The average molecular weight is 281 g/mol. The number of hydrogen-bond donors (Lipinski definition) is 1. The largest absolute Gasteiger partial charge is 0.382 e. The van der Waals surface area contributed by atoms with E-state index in [0.717, 1.165) is 70.4 Å². The summed E-state index contributed by atoms with van der Waals surface area (Å²) < 4.78 is 13.0. The van der Waals surface area contributed by atoms with Crippen molar-refractivity contribution in [2.75, 3.05) is 38.3 Å². The number of ether oxygens (including phenoxy) is 2. The van der Waals surface area contributed by atoms with Crippen molar-refractivity contribution >= 4 is 5.95 Å². The molecule has 5 nitrogen and oxygen atoms in total. The van der Waals surface area contributed by atoms with Crippen molar-refractivity contribution < 1.29 is 9.47 Å². The molecule has 0 atom stereocenters. The molecular weight excluding hydrogens is 254 g/mol. The molecule has 0 bridgehead atoms. The summed E-state index contributed by atoms with van der Waals surface area (Å²) in [4.78, 5) is 4.57. The van der Waals surface area contributed by atoms with Gasteiger partial charge in [-0.05, 0) is 39.0 Å². The van der Waals surface area contributed by atoms with Gasteiger partial charge < -0.3 is 19.4 Å². The van der Waals surface area contributed by atoms with Gasteiger partial charge in [-0.2, -0.15) is 0 Å². The normalized spacial score (nSPS) is 16.5. The smallest absolute Gasteiger partial charge is 0.203 e. The number of anilines is 1. The van der Waals surface area contributed by atoms with E-state index in [-0.39, 0.29) is 0 Å². The lowest BCUT2D eigenvalue weighted by molar-refractivity contribution is 0.0699. The number of aromatic nitrogens is 2. The second kappa shape index (κ2) is 8.27. The molecule has 1 aromatic heterocycles. The van der Waals surface area contributed by atoms with E-state index in [9.17, 15) is 0 Å². The molecule has 114 valence electrons. The number of hydrogen-bond acceptors (Lipinski definition) is 4. The van der Waals surface area contributed by atoms with Crippen molar-refractivity contribution in [2.24, 2.45) is 5.92 Å². The Hall–Kier alpha value is -1.07. The number of nitrogens with one attached hydrogen (secondary N) is 1. The second-order valence-corrected chi connectivity index (χ2v) is 5.39. The van der Waals surface area contributed by atoms with Crippen LogP contribution in [0.25, 0.3) is 0 Å². The molecule has 0 aliphatic carbocycles. The van der Waals surface area contributed by atoms with Gasteiger partial charge in [0.2, 0.25) is 5.95 Å². The second-order valence-electron chi connectivity index (χ2n) is 5.39. The summed E-state index contributed by atoms with van der Waals surface area (Å²) in [7, 11) is 0. The summed E-state index contributed by atoms with van der Waals surface area (Å²) in [5, 5.41) is 3.50. The van der Waals surface area contributed by atoms with Crippen LogP contribution in [0, 0.1) is 12.8 Å². The fraction of sp³-hybridized carbons (Fsp3) is 0.800. The molecule has 1 fully saturated rings. The molecule has 0 radical (unpaired) electrons. The molecule has 0 unspecified atom stereocenters. The molecule has 1 aliphatic heterocycles. The van der Waals surface area contributed by atoms with Gasteiger partial charge in [0, 0.05) is 45.7 Å². The van der Waals surface area contributed by atoms with Crippen LogP contribution in [0.2, 0.25) is 0 Å². The quantitative estimate of drug-likeness (QED) is 0.744. The van der Waals surface area contributed by atoms with Crippen molar-refractivity contribution in [3.8, 4) is 0 Å². The van der Waals surface area contributed by atoms with Crippen LogP contribution >= 0.6 is 0 Å². The topological polar surface area (TPSA) is 48.3 Å². The average Bonchev–Trinajstić information content (AvgIpc) is 2.83. The summed E-state index contributed by atoms with van der Waals surface area (Å²) in [6.45, 7) is 9.41. The van der Waals surface area contributed by atoms with E-state index in [4.69, 9.17) is 9.47 Å². The van der Waals surface area contributed by atoms with Crippen LogP contribution in [-0.4, -0.2) is 42.5 Å². The molecule has 1 saturated heterocycles. The Kier molecular flexibility index (Phi) is 6.33. The minimum atomic E-state index is 0.706. The zero-order valence-corrected chi connectivity index (χ0v) is 12.7. The maximum absolute atomic E-state index is 5.39. The highest BCUT2D eigenvalue weighted by atomic mass is 16.5. The Balaban J connectivity index is 1.80. The number of rotatable bonds is 8. The lowest BCUT2D eigenvalue weighted by Crippen LogP contribution is -2.23. The molecular formula is C15H27N3O2. The number of imidazole rings is 1. The predicted octanol–water partition coefficient (Wildman–Crippen LogP) is 2.46. The van der Waals surface area contributed by atoms with Gasteiger partial charge in [0.05, 0.1) is 5.69 Å². The van der Waals surface area contributed by atoms with Crippen molar-refractivity contribution in [3.63, 3.8) is 0 Å². The standard InChI is InChI=1S/C15H27N3O2/c1-3-19-8-4-7-18-12-13(2)17-15(18)16-11-14-5-9-20-10-6-14/h12,14H,3-11H2,1-2H3,(H,16,17). The molecule has 2 heterocycles. The van der Waals surface area contributed by atoms with Crippen LogP contribution in [0.15, 0.2) is 6.20 Å². The highest BCUT2D eigenvalue weighted by Gasteiger charge is 2.14. The van der Waals surface area contributed by atoms with E-state index >= 15 is 0 Å². The fourth-order valence-corrected chi connectivity index (χ4v) is 2.53. The summed E-state index contributed by atoms with van der Waals surface area (Å²) in [5.41, 5.74) is 1.07. The van der Waals surface area contributed by atoms with E-state index in [2.05, 4.69) is 21.1 Å². The molecule has 20 heavy (non-hydrogen) atoms. The van der Waals surface area contributed by atoms with Gasteiger partial charge in [-0.15, -0.1) is 0 Å². The van der Waals surface area contributed by atoms with Crippen LogP contribution in [0.4, 0.5) is 5.95 Å². The van der Waals surface area contributed by atoms with Crippen molar-refractivity contribution in [1.29, 1.82) is 0 Å². The molecule has 0 saturated carbocycles. The van der Waals surface area contributed by atoms with Gasteiger partial charge in [0.15, 0.2) is 0 Å². The molecule has 1 aliphatic rings. The third kappa shape index (κ3) is 4.80. The molecule has 1 N–H and O–H groups in total. The van der Waals surface area contributed by atoms with Crippen molar-refractivity contribution in [3.05, 3.63) is 11.9 Å². The third-order valence-electron chi connectivity index (χ3n) is 3.68. The lowest BCUT2D eigenvalue weighted by atomic mass is 10.0. The molecule has 2 rings (SSSR count). The van der Waals surface area contributed by atoms with Crippen LogP contribution in [-0.2, 0) is 16.0 Å². The third-order valence-corrected chi connectivity index (χ3v) is 3.68. The predicted molar refractivity (Wildman–Crippen MR) is 80.1 cm³/mol. The van der Waals surface area contributed by atoms with Crippen molar-refractivity contribution in [2.45, 2.75) is 39.7 Å². The van der Waals surface area contributed by atoms with E-state index in [1.54, 1.807) is 0 Å². The number of nitrogens with zero attached hydrogens (tertiary/aromatic N) is 2. The van der Waals surface area contributed by atoms with Crippen LogP contribution in [0.3, 0.4) is 0 Å². The Morgan fingerprint density at radius 3 is 3.00 bits per heavy atom. The first-order chi connectivity index (χ1) is 9.79. The molecule has 0 spiro atoms. The Bertz CT molecular complexity index is 386. The molecule has 1 aromatic rings. The van der Waals surface area contributed by atoms with E-state index < -0.39 is 0 Å². The van der Waals surface area contributed by atoms with Gasteiger partial charge in [0.1, 0.15) is 0 Å². The summed E-state index contributed by atoms with van der Waals surface area (Å²) >= 11 is 0. The first kappa shape index (κ1) is 15.3. The van der Waals surface area contributed by atoms with Gasteiger partial charge in [-0.1, -0.05) is 0 Å². The van der Waals surface area contributed by atoms with Gasteiger partial charge >= 0.3 is 0 Å². The maximum Gasteiger partial charge on any atom is 0.203 e. The highest BCUT2D eigenvalue weighted by Crippen LogP contribution is 2.16. The number of aryl methyl sites for hydroxylation is 2. The van der Waals surface area contributed by atoms with E-state index in [1.165, 1.54) is 0 Å². The molecule has 0 amide bonds. The zero-order valence-electron chi connectivity index (χ0n) is 12.7. The van der Waals surface area contributed by atoms with Gasteiger partial charge in [-0.3, -0.25) is 0 Å². The monoisotopic (exact) mass is 281 g/mol. The van der Waals surface area contributed by atoms with Crippen LogP contribution in [0.5, 0.6) is 0 Å². The summed E-state index contributed by atoms with van der Waals surface area (Å²) in [6, 6.07) is 0. The molecule has 0 aromatic carbocycles. The summed E-state index contributed by atoms with van der Waals surface area (Å²) in [6.07, 6.45) is 5.43. The first-order valence-corrected chi connectivity index (χ1v) is 7.72. The van der Waals surface area contributed by atoms with E-state index in [0.29, 0.717) is 5.92 Å². The van der Waals surface area contributed by atoms with Gasteiger partial charge in [-0.25, -0.2) is 4.98 Å². The first-order valence-electron chi connectivity index (χ1n) is 7.72. The van der Waals surface area contributed by atoms with Crippen LogP contribution in [0.1, 0.15) is 31.9 Å². The minimum absolute atomic E-state index is 0.706. The maximum atomic E-state index is 5.39. The van der Waals surface area contributed by atoms with E-state index in [1.807, 2.05) is 13.8 Å².